The maximum Gasteiger partial charge on any atom is 0.230 e. The molecule has 2 nitrogen and oxygen atoms in total. The van der Waals surface area contributed by atoms with Crippen LogP contribution in [-0.4, -0.2) is 11.7 Å². The summed E-state index contributed by atoms with van der Waals surface area (Å²) in [6, 6.07) is 14.1. The van der Waals surface area contributed by atoms with Crippen LogP contribution >= 0.6 is 27.7 Å². The average molecular weight is 368 g/mol. The Morgan fingerprint density at radius 2 is 1.90 bits per heavy atom. The Hall–Kier alpha value is -1.33. The second kappa shape index (κ2) is 7.61. The van der Waals surface area contributed by atoms with Crippen molar-refractivity contribution in [2.75, 3.05) is 5.75 Å². The molecule has 2 aromatic carbocycles. The number of benzene rings is 2. The van der Waals surface area contributed by atoms with Crippen molar-refractivity contribution in [3.8, 4) is 0 Å². The van der Waals surface area contributed by atoms with Gasteiger partial charge in [0.2, 0.25) is 5.91 Å². The van der Waals surface area contributed by atoms with E-state index in [1.807, 2.05) is 31.2 Å². The van der Waals surface area contributed by atoms with Crippen LogP contribution in [0.25, 0.3) is 0 Å². The highest BCUT2D eigenvalue weighted by molar-refractivity contribution is 9.10. The van der Waals surface area contributed by atoms with Crippen molar-refractivity contribution in [2.45, 2.75) is 17.9 Å². The molecule has 0 fully saturated rings. The summed E-state index contributed by atoms with van der Waals surface area (Å²) in [7, 11) is 0. The van der Waals surface area contributed by atoms with Crippen LogP contribution in [-0.2, 0) is 4.79 Å². The first-order valence-corrected chi connectivity index (χ1v) is 8.27. The molecule has 0 saturated carbocycles. The highest BCUT2D eigenvalue weighted by atomic mass is 79.9. The zero-order valence-corrected chi connectivity index (χ0v) is 13.9. The quantitative estimate of drug-likeness (QED) is 0.784. The van der Waals surface area contributed by atoms with Gasteiger partial charge in [-0.25, -0.2) is 4.39 Å². The number of hydrogen-bond acceptors (Lipinski definition) is 2. The second-order valence-corrected chi connectivity index (χ2v) is 6.40. The molecule has 5 heteroatoms. The number of amides is 1. The van der Waals surface area contributed by atoms with Gasteiger partial charge in [-0.3, -0.25) is 4.79 Å². The lowest BCUT2D eigenvalue weighted by Gasteiger charge is -2.15. The SMILES string of the molecule is CC(NC(=O)CSc1ccccc1F)c1ccccc1Br. The summed E-state index contributed by atoms with van der Waals surface area (Å²) in [5.41, 5.74) is 1.02. The number of nitrogens with one attached hydrogen (secondary N) is 1. The monoisotopic (exact) mass is 367 g/mol. The predicted octanol–water partition coefficient (Wildman–Crippen LogP) is 4.56. The standard InChI is InChI=1S/C16H15BrFNOS/c1-11(12-6-2-3-7-13(12)17)19-16(20)10-21-15-9-5-4-8-14(15)18/h2-9,11H,10H2,1H3,(H,19,20). The third-order valence-corrected chi connectivity index (χ3v) is 4.72. The molecule has 0 aromatic heterocycles. The van der Waals surface area contributed by atoms with Gasteiger partial charge in [0.1, 0.15) is 5.82 Å². The Morgan fingerprint density at radius 1 is 1.24 bits per heavy atom. The van der Waals surface area contributed by atoms with E-state index >= 15 is 0 Å². The van der Waals surface area contributed by atoms with Gasteiger partial charge in [-0.15, -0.1) is 11.8 Å². The Bertz CT molecular complexity index is 635. The fourth-order valence-corrected chi connectivity index (χ4v) is 3.27. The largest absolute Gasteiger partial charge is 0.349 e. The molecule has 21 heavy (non-hydrogen) atoms. The molecule has 1 amide bonds. The molecule has 0 radical (unpaired) electrons. The summed E-state index contributed by atoms with van der Waals surface area (Å²) < 4.78 is 14.4. The van der Waals surface area contributed by atoms with Gasteiger partial charge in [-0.1, -0.05) is 46.3 Å². The Balaban J connectivity index is 1.90. The third kappa shape index (κ3) is 4.58. The van der Waals surface area contributed by atoms with Gasteiger partial charge < -0.3 is 5.32 Å². The summed E-state index contributed by atoms with van der Waals surface area (Å²) in [4.78, 5) is 12.4. The molecule has 0 aliphatic carbocycles. The lowest BCUT2D eigenvalue weighted by Crippen LogP contribution is -2.28. The van der Waals surface area contributed by atoms with E-state index in [1.54, 1.807) is 18.2 Å². The van der Waals surface area contributed by atoms with E-state index in [9.17, 15) is 9.18 Å². The van der Waals surface area contributed by atoms with Crippen molar-refractivity contribution >= 4 is 33.6 Å². The fraction of sp³-hybridized carbons (Fsp3) is 0.188. The molecule has 1 unspecified atom stereocenters. The summed E-state index contributed by atoms with van der Waals surface area (Å²) in [6.07, 6.45) is 0. The number of thioether (sulfide) groups is 1. The lowest BCUT2D eigenvalue weighted by molar-refractivity contribution is -0.119. The number of carbonyl (C=O) groups is 1. The minimum Gasteiger partial charge on any atom is -0.349 e. The summed E-state index contributed by atoms with van der Waals surface area (Å²) in [5, 5.41) is 2.91. The number of halogens is 2. The van der Waals surface area contributed by atoms with Crippen LogP contribution in [0.4, 0.5) is 4.39 Å². The second-order valence-electron chi connectivity index (χ2n) is 4.53. The van der Waals surface area contributed by atoms with Gasteiger partial charge in [0.05, 0.1) is 11.8 Å². The van der Waals surface area contributed by atoms with Crippen LogP contribution in [0.1, 0.15) is 18.5 Å². The molecule has 0 aliphatic heterocycles. The third-order valence-electron chi connectivity index (χ3n) is 2.94. The van der Waals surface area contributed by atoms with E-state index in [2.05, 4.69) is 21.2 Å². The van der Waals surface area contributed by atoms with Crippen molar-refractivity contribution in [2.24, 2.45) is 0 Å². The summed E-state index contributed by atoms with van der Waals surface area (Å²) >= 11 is 4.66. The zero-order valence-electron chi connectivity index (χ0n) is 11.5. The molecule has 0 heterocycles. The van der Waals surface area contributed by atoms with Gasteiger partial charge in [0.15, 0.2) is 0 Å². The van der Waals surface area contributed by atoms with Crippen molar-refractivity contribution in [1.29, 1.82) is 0 Å². The van der Waals surface area contributed by atoms with E-state index in [1.165, 1.54) is 17.8 Å². The maximum atomic E-state index is 13.5. The van der Waals surface area contributed by atoms with Crippen LogP contribution in [0.15, 0.2) is 57.9 Å². The predicted molar refractivity (Wildman–Crippen MR) is 87.8 cm³/mol. The van der Waals surface area contributed by atoms with Crippen molar-refractivity contribution < 1.29 is 9.18 Å². The molecule has 2 rings (SSSR count). The molecule has 0 bridgehead atoms. The van der Waals surface area contributed by atoms with Crippen LogP contribution < -0.4 is 5.32 Å². The number of hydrogen-bond donors (Lipinski definition) is 1. The molecule has 0 spiro atoms. The minimum absolute atomic E-state index is 0.103. The topological polar surface area (TPSA) is 29.1 Å². The molecule has 0 saturated heterocycles. The smallest absolute Gasteiger partial charge is 0.230 e. The van der Waals surface area contributed by atoms with Gasteiger partial charge in [0, 0.05) is 9.37 Å². The highest BCUT2D eigenvalue weighted by Gasteiger charge is 2.12. The van der Waals surface area contributed by atoms with E-state index in [4.69, 9.17) is 0 Å². The van der Waals surface area contributed by atoms with Crippen LogP contribution in [0.3, 0.4) is 0 Å². The molecule has 1 atom stereocenters. The molecule has 0 aliphatic rings. The average Bonchev–Trinajstić information content (AvgIpc) is 2.46. The van der Waals surface area contributed by atoms with Crippen molar-refractivity contribution in [3.05, 3.63) is 64.4 Å². The van der Waals surface area contributed by atoms with E-state index in [-0.39, 0.29) is 23.5 Å². The van der Waals surface area contributed by atoms with Gasteiger partial charge in [-0.2, -0.15) is 0 Å². The zero-order chi connectivity index (χ0) is 15.2. The van der Waals surface area contributed by atoms with Crippen LogP contribution in [0, 0.1) is 5.82 Å². The van der Waals surface area contributed by atoms with Crippen LogP contribution in [0.5, 0.6) is 0 Å². The first-order valence-electron chi connectivity index (χ1n) is 6.49. The molecule has 2 aromatic rings. The van der Waals surface area contributed by atoms with E-state index in [0.717, 1.165) is 10.0 Å². The van der Waals surface area contributed by atoms with E-state index < -0.39 is 0 Å². The Morgan fingerprint density at radius 3 is 2.62 bits per heavy atom. The Labute approximate surface area is 136 Å². The van der Waals surface area contributed by atoms with Crippen molar-refractivity contribution in [3.63, 3.8) is 0 Å². The number of carbonyl (C=O) groups excluding carboxylic acids is 1. The first-order chi connectivity index (χ1) is 10.1. The first kappa shape index (κ1) is 16.0. The van der Waals surface area contributed by atoms with Gasteiger partial charge >= 0.3 is 0 Å². The number of rotatable bonds is 5. The Kier molecular flexibility index (Phi) is 5.82. The summed E-state index contributed by atoms with van der Waals surface area (Å²) in [5.74, 6) is -0.226. The fourth-order valence-electron chi connectivity index (χ4n) is 1.89. The normalized spacial score (nSPS) is 12.0. The summed E-state index contributed by atoms with van der Waals surface area (Å²) in [6.45, 7) is 1.92. The van der Waals surface area contributed by atoms with Gasteiger partial charge in [-0.05, 0) is 30.7 Å². The maximum absolute atomic E-state index is 13.5. The molecular weight excluding hydrogens is 353 g/mol. The van der Waals surface area contributed by atoms with E-state index in [0.29, 0.717) is 4.90 Å². The lowest BCUT2D eigenvalue weighted by atomic mass is 10.1. The van der Waals surface area contributed by atoms with Crippen molar-refractivity contribution in [1.82, 2.24) is 5.32 Å². The van der Waals surface area contributed by atoms with Crippen LogP contribution in [0.2, 0.25) is 0 Å². The molecular formula is C16H15BrFNOS. The molecule has 110 valence electrons. The minimum atomic E-state index is -0.297. The van der Waals surface area contributed by atoms with Gasteiger partial charge in [0.25, 0.3) is 0 Å². The highest BCUT2D eigenvalue weighted by Crippen LogP contribution is 2.24. The molecule has 1 N–H and O–H groups in total.